The van der Waals surface area contributed by atoms with Gasteiger partial charge < -0.3 is 9.67 Å². The summed E-state index contributed by atoms with van der Waals surface area (Å²) in [5.74, 6) is -0.656. The first-order chi connectivity index (χ1) is 19.1. The Morgan fingerprint density at radius 1 is 0.825 bits per heavy atom. The van der Waals surface area contributed by atoms with Crippen molar-refractivity contribution in [2.24, 2.45) is 5.92 Å². The number of β-lactam (4-membered cyclic amide) rings is 1. The standard InChI is InChI=1S/C33H37N3O2SSi/c1-32(2,3)40(4,5)36-30(38)28(29(37)27-23-34-21-22-35-27)31(36)39-33(24-15-9-6-10-16-24,25-17-11-7-12-18-25)26-19-13-8-14-20-26/h6-23,28-29,31,37H,1-5H3. The zero-order chi connectivity index (χ0) is 28.5. The summed E-state index contributed by atoms with van der Waals surface area (Å²) in [7, 11) is -2.32. The van der Waals surface area contributed by atoms with Crippen molar-refractivity contribution in [1.82, 2.24) is 14.5 Å². The first kappa shape index (κ1) is 28.3. The van der Waals surface area contributed by atoms with Gasteiger partial charge >= 0.3 is 0 Å². The van der Waals surface area contributed by atoms with Crippen LogP contribution in [0.4, 0.5) is 0 Å². The van der Waals surface area contributed by atoms with Gasteiger partial charge in [0, 0.05) is 12.4 Å². The Morgan fingerprint density at radius 3 is 1.70 bits per heavy atom. The smallest absolute Gasteiger partial charge is 0.224 e. The number of carbonyl (C=O) groups excluding carboxylic acids is 1. The van der Waals surface area contributed by atoms with E-state index in [1.54, 1.807) is 30.4 Å². The summed E-state index contributed by atoms with van der Waals surface area (Å²) in [6, 6.07) is 31.5. The van der Waals surface area contributed by atoms with Crippen molar-refractivity contribution < 1.29 is 9.90 Å². The molecule has 1 aliphatic rings. The number of hydrogen-bond donors (Lipinski definition) is 1. The molecule has 0 bridgehead atoms. The van der Waals surface area contributed by atoms with Crippen molar-refractivity contribution in [3.05, 3.63) is 132 Å². The third kappa shape index (κ3) is 4.80. The first-order valence-electron chi connectivity index (χ1n) is 13.7. The Morgan fingerprint density at radius 2 is 1.30 bits per heavy atom. The average molecular weight is 568 g/mol. The van der Waals surface area contributed by atoms with E-state index >= 15 is 0 Å². The summed E-state index contributed by atoms with van der Waals surface area (Å²) in [4.78, 5) is 22.7. The van der Waals surface area contributed by atoms with Crippen molar-refractivity contribution in [2.45, 2.75) is 55.1 Å². The molecule has 3 unspecified atom stereocenters. The zero-order valence-corrected chi connectivity index (χ0v) is 25.5. The summed E-state index contributed by atoms with van der Waals surface area (Å²) in [6.07, 6.45) is 3.66. The molecule has 1 aromatic heterocycles. The molecule has 4 aromatic rings. The van der Waals surface area contributed by atoms with Gasteiger partial charge in [0.05, 0.1) is 27.9 Å². The number of amides is 1. The highest BCUT2D eigenvalue weighted by Gasteiger charge is 2.62. The van der Waals surface area contributed by atoms with Crippen LogP contribution in [0.25, 0.3) is 0 Å². The van der Waals surface area contributed by atoms with E-state index in [4.69, 9.17) is 0 Å². The summed E-state index contributed by atoms with van der Waals surface area (Å²) in [6.45, 7) is 11.2. The molecule has 2 heterocycles. The fourth-order valence-electron chi connectivity index (χ4n) is 5.41. The van der Waals surface area contributed by atoms with E-state index in [9.17, 15) is 9.90 Å². The molecule has 1 aliphatic heterocycles. The molecule has 40 heavy (non-hydrogen) atoms. The van der Waals surface area contributed by atoms with Gasteiger partial charge in [-0.1, -0.05) is 125 Å². The normalized spacial score (nSPS) is 18.8. The van der Waals surface area contributed by atoms with Gasteiger partial charge in [-0.2, -0.15) is 0 Å². The molecule has 1 N–H and O–H groups in total. The topological polar surface area (TPSA) is 66.3 Å². The number of aliphatic hydroxyl groups is 1. The van der Waals surface area contributed by atoms with Gasteiger partial charge in [0.2, 0.25) is 5.91 Å². The molecule has 5 nitrogen and oxygen atoms in total. The molecular weight excluding hydrogens is 531 g/mol. The van der Waals surface area contributed by atoms with Crippen molar-refractivity contribution in [2.75, 3.05) is 0 Å². The van der Waals surface area contributed by atoms with Crippen LogP contribution in [-0.2, 0) is 9.54 Å². The van der Waals surface area contributed by atoms with Crippen LogP contribution in [0.2, 0.25) is 18.1 Å². The molecule has 1 amide bonds. The van der Waals surface area contributed by atoms with Crippen molar-refractivity contribution in [3.8, 4) is 0 Å². The summed E-state index contributed by atoms with van der Waals surface area (Å²) < 4.78 is 1.50. The highest BCUT2D eigenvalue weighted by molar-refractivity contribution is 8.01. The van der Waals surface area contributed by atoms with Crippen LogP contribution in [0.3, 0.4) is 0 Å². The lowest BCUT2D eigenvalue weighted by molar-refractivity contribution is -0.150. The van der Waals surface area contributed by atoms with Gasteiger partial charge in [0.25, 0.3) is 0 Å². The van der Waals surface area contributed by atoms with Crippen molar-refractivity contribution in [1.29, 1.82) is 0 Å². The molecule has 0 spiro atoms. The van der Waals surface area contributed by atoms with Crippen molar-refractivity contribution in [3.63, 3.8) is 0 Å². The van der Waals surface area contributed by atoms with Gasteiger partial charge in [-0.25, -0.2) is 0 Å². The van der Waals surface area contributed by atoms with Crippen LogP contribution in [0.5, 0.6) is 0 Å². The number of carbonyl (C=O) groups is 1. The lowest BCUT2D eigenvalue weighted by Crippen LogP contribution is -2.73. The number of aliphatic hydroxyl groups excluding tert-OH is 1. The molecule has 0 radical (unpaired) electrons. The Bertz CT molecular complexity index is 1330. The maximum Gasteiger partial charge on any atom is 0.224 e. The maximum absolute atomic E-state index is 14.1. The van der Waals surface area contributed by atoms with Gasteiger partial charge in [-0.05, 0) is 21.7 Å². The second-order valence-electron chi connectivity index (χ2n) is 11.9. The molecule has 0 aliphatic carbocycles. The summed E-state index contributed by atoms with van der Waals surface area (Å²) in [5, 5.41) is 11.3. The quantitative estimate of drug-likeness (QED) is 0.141. The highest BCUT2D eigenvalue weighted by atomic mass is 32.2. The third-order valence-electron chi connectivity index (χ3n) is 8.59. The lowest BCUT2D eigenvalue weighted by Gasteiger charge is -2.60. The van der Waals surface area contributed by atoms with Crippen LogP contribution in [0.1, 0.15) is 49.3 Å². The number of thioether (sulfide) groups is 1. The molecule has 5 rings (SSSR count). The van der Waals surface area contributed by atoms with Crippen LogP contribution in [-0.4, -0.2) is 39.2 Å². The highest BCUT2D eigenvalue weighted by Crippen LogP contribution is 2.58. The second kappa shape index (κ2) is 11.0. The van der Waals surface area contributed by atoms with Gasteiger partial charge in [0.15, 0.2) is 8.24 Å². The van der Waals surface area contributed by atoms with Crippen LogP contribution in [0.15, 0.2) is 110 Å². The minimum atomic E-state index is -2.32. The average Bonchev–Trinajstić information content (AvgIpc) is 2.96. The fourth-order valence-corrected chi connectivity index (χ4v) is 10.4. The van der Waals surface area contributed by atoms with Crippen molar-refractivity contribution >= 4 is 25.9 Å². The summed E-state index contributed by atoms with van der Waals surface area (Å²) >= 11 is 1.76. The van der Waals surface area contributed by atoms with Gasteiger partial charge in [-0.15, -0.1) is 11.8 Å². The first-order valence-corrected chi connectivity index (χ1v) is 17.5. The molecule has 3 atom stereocenters. The van der Waals surface area contributed by atoms with E-state index < -0.39 is 25.0 Å². The molecule has 7 heteroatoms. The molecule has 206 valence electrons. The Labute approximate surface area is 242 Å². The number of rotatable bonds is 8. The molecule has 1 fully saturated rings. The molecule has 3 aromatic carbocycles. The molecule has 1 saturated heterocycles. The maximum atomic E-state index is 14.1. The van der Waals surface area contributed by atoms with E-state index in [1.807, 2.05) is 18.2 Å². The minimum Gasteiger partial charge on any atom is -0.386 e. The largest absolute Gasteiger partial charge is 0.386 e. The van der Waals surface area contributed by atoms with Gasteiger partial charge in [-0.3, -0.25) is 14.8 Å². The monoisotopic (exact) mass is 567 g/mol. The summed E-state index contributed by atoms with van der Waals surface area (Å²) in [5.41, 5.74) is 3.80. The number of nitrogens with zero attached hydrogens (tertiary/aromatic N) is 3. The van der Waals surface area contributed by atoms with Crippen LogP contribution < -0.4 is 0 Å². The second-order valence-corrected chi connectivity index (χ2v) is 18.3. The predicted molar refractivity (Wildman–Crippen MR) is 165 cm³/mol. The van der Waals surface area contributed by atoms with Gasteiger partial charge in [0.1, 0.15) is 6.10 Å². The zero-order valence-electron chi connectivity index (χ0n) is 23.7. The number of aromatic nitrogens is 2. The number of hydrogen-bond acceptors (Lipinski definition) is 5. The Balaban J connectivity index is 1.73. The predicted octanol–water partition coefficient (Wildman–Crippen LogP) is 7.03. The van der Waals surface area contributed by atoms with E-state index in [0.717, 1.165) is 16.7 Å². The van der Waals surface area contributed by atoms with Crippen LogP contribution in [0, 0.1) is 5.92 Å². The number of benzene rings is 3. The van der Waals surface area contributed by atoms with E-state index in [-0.39, 0.29) is 16.3 Å². The molecule has 0 saturated carbocycles. The SMILES string of the molecule is CC(C)(C)[Si](C)(C)N1C(=O)C(C(O)c2cnccn2)C1SC(c1ccccc1)(c1ccccc1)c1ccccc1. The third-order valence-corrected chi connectivity index (χ3v) is 16.0. The van der Waals surface area contributed by atoms with E-state index in [2.05, 4.69) is 121 Å². The van der Waals surface area contributed by atoms with E-state index in [1.165, 1.54) is 0 Å². The van der Waals surface area contributed by atoms with E-state index in [0.29, 0.717) is 5.69 Å². The Kier molecular flexibility index (Phi) is 7.74. The fraction of sp³-hybridized carbons (Fsp3) is 0.303. The minimum absolute atomic E-state index is 0.00895. The van der Waals surface area contributed by atoms with Crippen LogP contribution >= 0.6 is 11.8 Å². The lowest BCUT2D eigenvalue weighted by atomic mass is 9.84. The Hall–Kier alpha value is -3.26. The molecular formula is C33H37N3O2SSi.